The average molecular weight is 284 g/mol. The van der Waals surface area contributed by atoms with Crippen LogP contribution in [0.3, 0.4) is 0 Å². The van der Waals surface area contributed by atoms with Crippen molar-refractivity contribution in [3.05, 3.63) is 42.0 Å². The van der Waals surface area contributed by atoms with E-state index in [1.807, 2.05) is 23.1 Å². The number of likely N-dealkylation sites (tertiary alicyclic amines) is 1. The molecule has 0 saturated carbocycles. The van der Waals surface area contributed by atoms with Gasteiger partial charge in [0.1, 0.15) is 6.54 Å². The first-order chi connectivity index (χ1) is 10.1. The van der Waals surface area contributed by atoms with Crippen LogP contribution in [0, 0.1) is 5.92 Å². The van der Waals surface area contributed by atoms with Crippen molar-refractivity contribution in [2.24, 2.45) is 5.92 Å². The Hall–Kier alpha value is -2.10. The van der Waals surface area contributed by atoms with Crippen LogP contribution in [0.25, 0.3) is 5.70 Å². The Bertz CT molecular complexity index is 574. The summed E-state index contributed by atoms with van der Waals surface area (Å²) in [6.07, 6.45) is 2.21. The number of hydrogen-bond acceptors (Lipinski definition) is 2. The van der Waals surface area contributed by atoms with Crippen LogP contribution in [0.4, 0.5) is 0 Å². The lowest BCUT2D eigenvalue weighted by Crippen LogP contribution is -2.44. The topological polar surface area (TPSA) is 40.6 Å². The second-order valence-corrected chi connectivity index (χ2v) is 5.97. The van der Waals surface area contributed by atoms with Gasteiger partial charge in [-0.05, 0) is 24.8 Å². The summed E-state index contributed by atoms with van der Waals surface area (Å²) in [6.45, 7) is 7.82. The largest absolute Gasteiger partial charge is 0.341 e. The first kappa shape index (κ1) is 13.9. The predicted octanol–water partition coefficient (Wildman–Crippen LogP) is 2.37. The maximum absolute atomic E-state index is 12.4. The van der Waals surface area contributed by atoms with Gasteiger partial charge in [0.05, 0.1) is 0 Å². The van der Waals surface area contributed by atoms with Gasteiger partial charge in [-0.1, -0.05) is 31.7 Å². The van der Waals surface area contributed by atoms with Crippen molar-refractivity contribution in [3.63, 3.8) is 0 Å². The molecule has 0 spiro atoms. The molecule has 110 valence electrons. The second kappa shape index (κ2) is 5.35. The Labute approximate surface area is 125 Å². The molecular weight excluding hydrogens is 264 g/mol. The zero-order valence-electron chi connectivity index (χ0n) is 12.3. The van der Waals surface area contributed by atoms with Crippen LogP contribution in [0.1, 0.15) is 35.7 Å². The maximum Gasteiger partial charge on any atom is 0.259 e. The molecule has 1 aromatic carbocycles. The summed E-state index contributed by atoms with van der Waals surface area (Å²) in [7, 11) is 0. The Morgan fingerprint density at radius 2 is 2.05 bits per heavy atom. The summed E-state index contributed by atoms with van der Waals surface area (Å²) >= 11 is 0. The van der Waals surface area contributed by atoms with Gasteiger partial charge < -0.3 is 4.90 Å². The average Bonchev–Trinajstić information content (AvgIpc) is 2.73. The van der Waals surface area contributed by atoms with Crippen molar-refractivity contribution in [1.29, 1.82) is 0 Å². The number of benzene rings is 1. The van der Waals surface area contributed by atoms with Crippen molar-refractivity contribution in [1.82, 2.24) is 9.80 Å². The molecule has 1 aromatic rings. The Morgan fingerprint density at radius 3 is 2.71 bits per heavy atom. The number of hydrogen-bond donors (Lipinski definition) is 0. The summed E-state index contributed by atoms with van der Waals surface area (Å²) in [5, 5.41) is 0. The highest BCUT2D eigenvalue weighted by Crippen LogP contribution is 2.31. The van der Waals surface area contributed by atoms with Crippen molar-refractivity contribution >= 4 is 17.5 Å². The summed E-state index contributed by atoms with van der Waals surface area (Å²) in [5.41, 5.74) is 2.11. The molecule has 21 heavy (non-hydrogen) atoms. The van der Waals surface area contributed by atoms with Gasteiger partial charge >= 0.3 is 0 Å². The van der Waals surface area contributed by atoms with E-state index in [1.165, 1.54) is 11.3 Å². The van der Waals surface area contributed by atoms with E-state index in [0.29, 0.717) is 17.2 Å². The molecule has 2 aliphatic rings. The fraction of sp³-hybridized carbons (Fsp3) is 0.412. The number of amides is 2. The molecule has 4 heteroatoms. The number of carbonyl (C=O) groups excluding carboxylic acids is 2. The lowest BCUT2D eigenvalue weighted by molar-refractivity contribution is -0.133. The van der Waals surface area contributed by atoms with Crippen molar-refractivity contribution in [2.75, 3.05) is 19.6 Å². The number of piperidine rings is 1. The van der Waals surface area contributed by atoms with Gasteiger partial charge in [0.25, 0.3) is 5.91 Å². The first-order valence-corrected chi connectivity index (χ1v) is 7.46. The zero-order valence-corrected chi connectivity index (χ0v) is 12.3. The van der Waals surface area contributed by atoms with Crippen LogP contribution in [0.5, 0.6) is 0 Å². The first-order valence-electron chi connectivity index (χ1n) is 7.46. The van der Waals surface area contributed by atoms with Gasteiger partial charge in [0.15, 0.2) is 0 Å². The fourth-order valence-corrected chi connectivity index (χ4v) is 3.15. The normalized spacial score (nSPS) is 21.7. The van der Waals surface area contributed by atoms with E-state index in [4.69, 9.17) is 0 Å². The summed E-state index contributed by atoms with van der Waals surface area (Å²) in [6, 6.07) is 7.38. The third-order valence-electron chi connectivity index (χ3n) is 4.34. The fourth-order valence-electron chi connectivity index (χ4n) is 3.15. The highest BCUT2D eigenvalue weighted by Gasteiger charge is 2.33. The SMILES string of the molecule is C=C1c2ccccc2C(=O)N1CC(=O)N1CCCC(C)C1. The highest BCUT2D eigenvalue weighted by atomic mass is 16.2. The van der Waals surface area contributed by atoms with Crippen LogP contribution < -0.4 is 0 Å². The second-order valence-electron chi connectivity index (χ2n) is 5.97. The van der Waals surface area contributed by atoms with Gasteiger partial charge in [-0.15, -0.1) is 0 Å². The smallest absolute Gasteiger partial charge is 0.259 e. The van der Waals surface area contributed by atoms with E-state index in [0.717, 1.165) is 25.1 Å². The summed E-state index contributed by atoms with van der Waals surface area (Å²) in [4.78, 5) is 28.2. The van der Waals surface area contributed by atoms with Crippen LogP contribution in [-0.4, -0.2) is 41.2 Å². The molecule has 2 heterocycles. The van der Waals surface area contributed by atoms with E-state index < -0.39 is 0 Å². The van der Waals surface area contributed by atoms with Gasteiger partial charge in [-0.3, -0.25) is 14.5 Å². The minimum atomic E-state index is -0.117. The van der Waals surface area contributed by atoms with Crippen molar-refractivity contribution in [2.45, 2.75) is 19.8 Å². The highest BCUT2D eigenvalue weighted by molar-refractivity contribution is 6.10. The quantitative estimate of drug-likeness (QED) is 0.836. The predicted molar refractivity (Wildman–Crippen MR) is 81.5 cm³/mol. The van der Waals surface area contributed by atoms with Crippen LogP contribution in [-0.2, 0) is 4.79 Å². The minimum absolute atomic E-state index is 0.0175. The van der Waals surface area contributed by atoms with Crippen LogP contribution >= 0.6 is 0 Å². The molecule has 1 unspecified atom stereocenters. The minimum Gasteiger partial charge on any atom is -0.341 e. The number of nitrogens with zero attached hydrogens (tertiary/aromatic N) is 2. The molecular formula is C17H20N2O2. The Morgan fingerprint density at radius 1 is 1.33 bits per heavy atom. The van der Waals surface area contributed by atoms with E-state index in [9.17, 15) is 9.59 Å². The molecule has 1 atom stereocenters. The lowest BCUT2D eigenvalue weighted by Gasteiger charge is -2.32. The van der Waals surface area contributed by atoms with Crippen molar-refractivity contribution in [3.8, 4) is 0 Å². The molecule has 1 fully saturated rings. The Balaban J connectivity index is 1.73. The van der Waals surface area contributed by atoms with Gasteiger partial charge in [0, 0.05) is 29.9 Å². The third kappa shape index (κ3) is 2.46. The van der Waals surface area contributed by atoms with Crippen LogP contribution in [0.2, 0.25) is 0 Å². The molecule has 1 saturated heterocycles. The molecule has 0 aromatic heterocycles. The van der Waals surface area contributed by atoms with Crippen LogP contribution in [0.15, 0.2) is 30.8 Å². The zero-order chi connectivity index (χ0) is 15.0. The summed E-state index contributed by atoms with van der Waals surface area (Å²) < 4.78 is 0. The molecule has 4 nitrogen and oxygen atoms in total. The van der Waals surface area contributed by atoms with E-state index in [-0.39, 0.29) is 18.4 Å². The van der Waals surface area contributed by atoms with E-state index >= 15 is 0 Å². The summed E-state index contributed by atoms with van der Waals surface area (Å²) in [5.74, 6) is 0.440. The Kier molecular flexibility index (Phi) is 3.53. The monoisotopic (exact) mass is 284 g/mol. The number of carbonyl (C=O) groups is 2. The molecule has 3 rings (SSSR count). The van der Waals surface area contributed by atoms with E-state index in [1.54, 1.807) is 6.07 Å². The van der Waals surface area contributed by atoms with Gasteiger partial charge in [-0.2, -0.15) is 0 Å². The van der Waals surface area contributed by atoms with Gasteiger partial charge in [-0.25, -0.2) is 0 Å². The molecule has 2 amide bonds. The molecule has 0 N–H and O–H groups in total. The molecule has 0 radical (unpaired) electrons. The number of fused-ring (bicyclic) bond motifs is 1. The standard InChI is InChI=1S/C17H20N2O2/c1-12-6-5-9-18(10-12)16(20)11-19-13(2)14-7-3-4-8-15(14)17(19)21/h3-4,7-8,12H,2,5-6,9-11H2,1H3. The number of rotatable bonds is 2. The van der Waals surface area contributed by atoms with E-state index in [2.05, 4.69) is 13.5 Å². The van der Waals surface area contributed by atoms with Gasteiger partial charge in [0.2, 0.25) is 5.91 Å². The van der Waals surface area contributed by atoms with Crippen molar-refractivity contribution < 1.29 is 9.59 Å². The molecule has 0 aliphatic carbocycles. The lowest BCUT2D eigenvalue weighted by atomic mass is 10.0. The maximum atomic E-state index is 12.4. The third-order valence-corrected chi connectivity index (χ3v) is 4.34. The molecule has 0 bridgehead atoms. The molecule has 2 aliphatic heterocycles.